The Morgan fingerprint density at radius 1 is 1.35 bits per heavy atom. The third-order valence-electron chi connectivity index (χ3n) is 3.66. The Morgan fingerprint density at radius 3 is 2.75 bits per heavy atom. The fourth-order valence-electron chi connectivity index (χ4n) is 2.49. The molecule has 1 heterocycles. The largest absolute Gasteiger partial charge is 0.243 e. The summed E-state index contributed by atoms with van der Waals surface area (Å²) in [5.41, 5.74) is 0.287. The minimum Gasteiger partial charge on any atom is -0.207 e. The van der Waals surface area contributed by atoms with Gasteiger partial charge in [0, 0.05) is 12.6 Å². The van der Waals surface area contributed by atoms with Crippen LogP contribution in [0.15, 0.2) is 23.1 Å². The lowest BCUT2D eigenvalue weighted by molar-refractivity contribution is 0.342. The van der Waals surface area contributed by atoms with Crippen molar-refractivity contribution >= 4 is 21.6 Å². The number of nitriles is 1. The molecule has 0 bridgehead atoms. The number of sulfonamides is 1. The van der Waals surface area contributed by atoms with Gasteiger partial charge in [0.05, 0.1) is 15.5 Å². The molecule has 1 atom stereocenters. The molecule has 1 aliphatic rings. The number of benzene rings is 1. The fourth-order valence-corrected chi connectivity index (χ4v) is 4.50. The first kappa shape index (κ1) is 15.3. The van der Waals surface area contributed by atoms with Crippen LogP contribution in [0.1, 0.15) is 38.2 Å². The van der Waals surface area contributed by atoms with Gasteiger partial charge in [-0.2, -0.15) is 9.57 Å². The van der Waals surface area contributed by atoms with Crippen molar-refractivity contribution in [1.29, 1.82) is 5.26 Å². The molecule has 6 heteroatoms. The fraction of sp³-hybridized carbons (Fsp3) is 0.500. The molecule has 108 valence electrons. The smallest absolute Gasteiger partial charge is 0.207 e. The Balaban J connectivity index is 2.39. The number of hydrogen-bond acceptors (Lipinski definition) is 3. The first-order valence-corrected chi connectivity index (χ1v) is 8.50. The Labute approximate surface area is 125 Å². The second kappa shape index (κ2) is 6.13. The van der Waals surface area contributed by atoms with Gasteiger partial charge in [-0.15, -0.1) is 0 Å². The summed E-state index contributed by atoms with van der Waals surface area (Å²) in [4.78, 5) is 0.162. The molecule has 1 fully saturated rings. The summed E-state index contributed by atoms with van der Waals surface area (Å²) in [6.07, 6.45) is 3.88. The summed E-state index contributed by atoms with van der Waals surface area (Å²) in [5, 5.41) is 9.02. The van der Waals surface area contributed by atoms with Crippen LogP contribution in [0.5, 0.6) is 0 Å². The molecule has 1 aromatic rings. The van der Waals surface area contributed by atoms with Gasteiger partial charge in [0.1, 0.15) is 6.07 Å². The average molecular weight is 313 g/mol. The maximum Gasteiger partial charge on any atom is 0.243 e. The summed E-state index contributed by atoms with van der Waals surface area (Å²) in [6.45, 7) is 2.48. The molecule has 0 amide bonds. The highest BCUT2D eigenvalue weighted by Crippen LogP contribution is 2.27. The predicted molar refractivity (Wildman–Crippen MR) is 78.0 cm³/mol. The standard InChI is InChI=1S/C14H17ClN2O2S/c1-11-5-3-2-4-8-17(11)20(18,19)13-7-6-12(10-16)14(15)9-13/h6-7,9,11H,2-5,8H2,1H3. The van der Waals surface area contributed by atoms with Crippen LogP contribution in [0.4, 0.5) is 0 Å². The molecule has 0 spiro atoms. The van der Waals surface area contributed by atoms with Crippen LogP contribution < -0.4 is 0 Å². The third kappa shape index (κ3) is 2.98. The van der Waals surface area contributed by atoms with E-state index in [-0.39, 0.29) is 21.5 Å². The van der Waals surface area contributed by atoms with Crippen LogP contribution in [0.2, 0.25) is 5.02 Å². The molecule has 0 radical (unpaired) electrons. The van der Waals surface area contributed by atoms with Crippen LogP contribution in [0.25, 0.3) is 0 Å². The van der Waals surface area contributed by atoms with Crippen molar-refractivity contribution in [3.05, 3.63) is 28.8 Å². The van der Waals surface area contributed by atoms with Gasteiger partial charge in [-0.05, 0) is 38.0 Å². The maximum absolute atomic E-state index is 12.7. The van der Waals surface area contributed by atoms with E-state index in [2.05, 4.69) is 0 Å². The van der Waals surface area contributed by atoms with Gasteiger partial charge in [-0.3, -0.25) is 0 Å². The molecule has 1 aliphatic heterocycles. The Kier molecular flexibility index (Phi) is 4.69. The number of nitrogens with zero attached hydrogens (tertiary/aromatic N) is 2. The second-order valence-corrected chi connectivity index (χ2v) is 7.37. The zero-order valence-electron chi connectivity index (χ0n) is 11.3. The van der Waals surface area contributed by atoms with E-state index in [0.717, 1.165) is 25.7 Å². The Hall–Kier alpha value is -1.09. The molecule has 2 rings (SSSR count). The van der Waals surface area contributed by atoms with E-state index in [1.54, 1.807) is 4.31 Å². The number of halogens is 1. The highest BCUT2D eigenvalue weighted by atomic mass is 35.5. The van der Waals surface area contributed by atoms with Gasteiger partial charge in [0.15, 0.2) is 0 Å². The first-order valence-electron chi connectivity index (χ1n) is 6.68. The molecular formula is C14H17ClN2O2S. The van der Waals surface area contributed by atoms with Gasteiger partial charge < -0.3 is 0 Å². The Bertz CT molecular complexity index is 637. The highest BCUT2D eigenvalue weighted by Gasteiger charge is 2.30. The van der Waals surface area contributed by atoms with Crippen molar-refractivity contribution in [2.45, 2.75) is 43.5 Å². The number of hydrogen-bond donors (Lipinski definition) is 0. The minimum absolute atomic E-state index is 0.00285. The van der Waals surface area contributed by atoms with Gasteiger partial charge in [0.25, 0.3) is 0 Å². The Morgan fingerprint density at radius 2 is 2.10 bits per heavy atom. The molecule has 0 aliphatic carbocycles. The summed E-state index contributed by atoms with van der Waals surface area (Å²) in [5.74, 6) is 0. The molecule has 4 nitrogen and oxygen atoms in total. The van der Waals surface area contributed by atoms with Gasteiger partial charge in [0.2, 0.25) is 10.0 Å². The molecular weight excluding hydrogens is 296 g/mol. The summed E-state index contributed by atoms with van der Waals surface area (Å²) in [6, 6.07) is 6.21. The van der Waals surface area contributed by atoms with E-state index in [4.69, 9.17) is 16.9 Å². The summed E-state index contributed by atoms with van der Waals surface area (Å²) >= 11 is 5.94. The van der Waals surface area contributed by atoms with Gasteiger partial charge in [-0.1, -0.05) is 24.4 Å². The normalized spacial score (nSPS) is 21.1. The van der Waals surface area contributed by atoms with Crippen LogP contribution in [-0.4, -0.2) is 25.3 Å². The summed E-state index contributed by atoms with van der Waals surface area (Å²) in [7, 11) is -3.54. The quantitative estimate of drug-likeness (QED) is 0.842. The zero-order valence-corrected chi connectivity index (χ0v) is 12.9. The molecule has 20 heavy (non-hydrogen) atoms. The molecule has 0 aromatic heterocycles. The van der Waals surface area contributed by atoms with E-state index >= 15 is 0 Å². The van der Waals surface area contributed by atoms with E-state index in [1.807, 2.05) is 13.0 Å². The first-order chi connectivity index (χ1) is 9.46. The zero-order chi connectivity index (χ0) is 14.8. The van der Waals surface area contributed by atoms with Crippen LogP contribution in [0.3, 0.4) is 0 Å². The van der Waals surface area contributed by atoms with Gasteiger partial charge >= 0.3 is 0 Å². The van der Waals surface area contributed by atoms with E-state index < -0.39 is 10.0 Å². The van der Waals surface area contributed by atoms with E-state index in [1.165, 1.54) is 18.2 Å². The summed E-state index contributed by atoms with van der Waals surface area (Å²) < 4.78 is 26.9. The molecule has 1 unspecified atom stereocenters. The molecule has 1 aromatic carbocycles. The van der Waals surface area contributed by atoms with Crippen molar-refractivity contribution < 1.29 is 8.42 Å². The topological polar surface area (TPSA) is 61.2 Å². The minimum atomic E-state index is -3.54. The second-order valence-electron chi connectivity index (χ2n) is 5.07. The van der Waals surface area contributed by atoms with Crippen LogP contribution in [0, 0.1) is 11.3 Å². The SMILES string of the molecule is CC1CCCCCN1S(=O)(=O)c1ccc(C#N)c(Cl)c1. The van der Waals surface area contributed by atoms with E-state index in [0.29, 0.717) is 6.54 Å². The lowest BCUT2D eigenvalue weighted by Crippen LogP contribution is -2.38. The highest BCUT2D eigenvalue weighted by molar-refractivity contribution is 7.89. The van der Waals surface area contributed by atoms with E-state index in [9.17, 15) is 8.42 Å². The molecule has 1 saturated heterocycles. The lowest BCUT2D eigenvalue weighted by Gasteiger charge is -2.26. The van der Waals surface area contributed by atoms with Crippen molar-refractivity contribution in [2.24, 2.45) is 0 Å². The van der Waals surface area contributed by atoms with Crippen LogP contribution >= 0.6 is 11.6 Å². The predicted octanol–water partition coefficient (Wildman–Crippen LogP) is 3.16. The van der Waals surface area contributed by atoms with Crippen LogP contribution in [-0.2, 0) is 10.0 Å². The maximum atomic E-state index is 12.7. The third-order valence-corrected chi connectivity index (χ3v) is 5.98. The number of rotatable bonds is 2. The van der Waals surface area contributed by atoms with Crippen molar-refractivity contribution in [3.63, 3.8) is 0 Å². The van der Waals surface area contributed by atoms with Crippen molar-refractivity contribution in [3.8, 4) is 6.07 Å². The monoisotopic (exact) mass is 312 g/mol. The molecule has 0 saturated carbocycles. The average Bonchev–Trinajstić information content (AvgIpc) is 2.63. The van der Waals surface area contributed by atoms with Crippen molar-refractivity contribution in [2.75, 3.05) is 6.54 Å². The lowest BCUT2D eigenvalue weighted by atomic mass is 10.1. The van der Waals surface area contributed by atoms with Gasteiger partial charge in [-0.25, -0.2) is 8.42 Å². The van der Waals surface area contributed by atoms with Crippen molar-refractivity contribution in [1.82, 2.24) is 4.31 Å². The molecule has 0 N–H and O–H groups in total.